The Labute approximate surface area is 187 Å². The van der Waals surface area contributed by atoms with Crippen molar-refractivity contribution < 1.29 is 4.74 Å². The number of aromatic nitrogens is 4. The van der Waals surface area contributed by atoms with Gasteiger partial charge in [0.05, 0.1) is 17.9 Å². The topological polar surface area (TPSA) is 99.3 Å². The van der Waals surface area contributed by atoms with Gasteiger partial charge in [-0.25, -0.2) is 15.1 Å². The van der Waals surface area contributed by atoms with Crippen molar-refractivity contribution in [2.24, 2.45) is 0 Å². The van der Waals surface area contributed by atoms with E-state index in [0.29, 0.717) is 33.2 Å². The van der Waals surface area contributed by atoms with E-state index in [1.54, 1.807) is 0 Å². The van der Waals surface area contributed by atoms with Crippen LogP contribution in [0.3, 0.4) is 0 Å². The van der Waals surface area contributed by atoms with Crippen molar-refractivity contribution in [2.45, 2.75) is 19.9 Å². The third-order valence-electron chi connectivity index (χ3n) is 5.75. The third-order valence-corrected chi connectivity index (χ3v) is 6.23. The molecule has 0 saturated carbocycles. The normalized spacial score (nSPS) is 18.6. The Bertz CT molecular complexity index is 1180. The Morgan fingerprint density at radius 3 is 3.03 bits per heavy atom. The van der Waals surface area contributed by atoms with Crippen LogP contribution in [0, 0.1) is 10.8 Å². The molecule has 30 heavy (non-hydrogen) atoms. The van der Waals surface area contributed by atoms with Crippen LogP contribution in [0.2, 0.25) is 0 Å². The predicted molar refractivity (Wildman–Crippen MR) is 124 cm³/mol. The molecule has 0 bridgehead atoms. The highest BCUT2D eigenvalue weighted by atomic mass is 127. The van der Waals surface area contributed by atoms with Gasteiger partial charge in [0.1, 0.15) is 29.1 Å². The number of piperazine rings is 1. The smallest absolute Gasteiger partial charge is 0.277 e. The van der Waals surface area contributed by atoms with Crippen molar-refractivity contribution in [3.8, 4) is 5.75 Å². The molecule has 2 aliphatic rings. The maximum Gasteiger partial charge on any atom is 0.277 e. The summed E-state index contributed by atoms with van der Waals surface area (Å²) in [5.41, 5.74) is 3.30. The molecule has 0 radical (unpaired) electrons. The molecule has 0 spiro atoms. The number of ether oxygens (including phenoxy) is 1. The van der Waals surface area contributed by atoms with Gasteiger partial charge in [-0.1, -0.05) is 6.92 Å². The minimum absolute atomic E-state index is 0.325. The number of nitrogens with one attached hydrogen (secondary N) is 2. The summed E-state index contributed by atoms with van der Waals surface area (Å²) in [6.45, 7) is 9.13. The Balaban J connectivity index is 1.51. The Kier molecular flexibility index (Phi) is 4.97. The summed E-state index contributed by atoms with van der Waals surface area (Å²) in [5, 5.41) is 9.98. The van der Waals surface area contributed by atoms with Gasteiger partial charge in [0.25, 0.3) is 5.56 Å². The number of aryl methyl sites for hydroxylation is 1. The van der Waals surface area contributed by atoms with Gasteiger partial charge in [-0.2, -0.15) is 5.10 Å². The maximum atomic E-state index is 12.3. The summed E-state index contributed by atoms with van der Waals surface area (Å²) in [6, 6.07) is 4.44. The number of likely N-dealkylation sites (N-methyl/N-ethyl adjacent to an activating group) is 1. The fourth-order valence-corrected chi connectivity index (χ4v) is 4.83. The van der Waals surface area contributed by atoms with Gasteiger partial charge in [0, 0.05) is 54.0 Å². The molecule has 4 heterocycles. The second kappa shape index (κ2) is 7.65. The van der Waals surface area contributed by atoms with Gasteiger partial charge in [0.2, 0.25) is 0 Å². The van der Waals surface area contributed by atoms with Crippen LogP contribution >= 0.6 is 22.6 Å². The van der Waals surface area contributed by atoms with Crippen LogP contribution in [0.15, 0.2) is 23.1 Å². The van der Waals surface area contributed by atoms with E-state index in [0.717, 1.165) is 48.9 Å². The number of fused-ring (bicyclic) bond motifs is 4. The summed E-state index contributed by atoms with van der Waals surface area (Å²) in [4.78, 5) is 26.0. The number of nitrogens with zero attached hydrogens (tertiary/aromatic N) is 5. The Morgan fingerprint density at radius 2 is 2.20 bits per heavy atom. The molecule has 1 fully saturated rings. The predicted octanol–water partition coefficient (Wildman–Crippen LogP) is 2.27. The van der Waals surface area contributed by atoms with E-state index >= 15 is 0 Å². The van der Waals surface area contributed by atoms with Crippen LogP contribution in [0.1, 0.15) is 12.5 Å². The van der Waals surface area contributed by atoms with Gasteiger partial charge in [-0.05, 0) is 25.1 Å². The van der Waals surface area contributed by atoms with E-state index in [-0.39, 0.29) is 5.56 Å². The minimum atomic E-state index is -0.325. The lowest BCUT2D eigenvalue weighted by Gasteiger charge is -2.46. The minimum Gasteiger partial charge on any atom is -0.489 e. The quantitative estimate of drug-likeness (QED) is 0.402. The van der Waals surface area contributed by atoms with Crippen LogP contribution in [-0.4, -0.2) is 63.9 Å². The number of anilines is 3. The molecule has 0 amide bonds. The second-order valence-electron chi connectivity index (χ2n) is 7.62. The first kappa shape index (κ1) is 19.5. The van der Waals surface area contributed by atoms with Gasteiger partial charge < -0.3 is 15.0 Å². The first-order valence-corrected chi connectivity index (χ1v) is 11.1. The lowest BCUT2D eigenvalue weighted by molar-refractivity contribution is 0.172. The molecule has 0 aliphatic carbocycles. The number of rotatable bonds is 3. The fraction of sp³-hybridized carbons (Fsp3) is 0.400. The number of H-pyrrole nitrogens is 1. The molecule has 1 aromatic carbocycles. The van der Waals surface area contributed by atoms with Gasteiger partial charge in [0.15, 0.2) is 3.83 Å². The van der Waals surface area contributed by atoms with Gasteiger partial charge in [-0.15, -0.1) is 0 Å². The molecule has 1 atom stereocenters. The average Bonchev–Trinajstić information content (AvgIpc) is 2.72. The summed E-state index contributed by atoms with van der Waals surface area (Å²) < 4.78 is 6.70. The van der Waals surface area contributed by atoms with Crippen molar-refractivity contribution in [1.82, 2.24) is 25.1 Å². The molecule has 3 aromatic rings. The van der Waals surface area contributed by atoms with Crippen molar-refractivity contribution in [1.29, 1.82) is 0 Å². The van der Waals surface area contributed by atoms with E-state index in [2.05, 4.69) is 55.2 Å². The van der Waals surface area contributed by atoms with Crippen molar-refractivity contribution in [3.63, 3.8) is 0 Å². The SMILES string of the molecule is CCN1CCN2c3c(C)cc(Nc4nc(I)nc5cn[nH]c(=O)c45)cc3OCC2C1. The standard InChI is InChI=1S/C20H22IN7O2/c1-3-27-4-5-28-13(9-27)10-30-15-7-12(6-11(2)17(15)28)23-18-16-14(24-20(21)25-18)8-22-26-19(16)29/h6-8,13H,3-5,9-10H2,1-2H3,(H,26,29)(H,23,24,25). The summed E-state index contributed by atoms with van der Waals surface area (Å²) in [5.74, 6) is 1.32. The van der Waals surface area contributed by atoms with Gasteiger partial charge in [-0.3, -0.25) is 9.69 Å². The molecule has 5 rings (SSSR count). The zero-order valence-corrected chi connectivity index (χ0v) is 18.9. The molecule has 10 heteroatoms. The highest BCUT2D eigenvalue weighted by molar-refractivity contribution is 14.1. The highest BCUT2D eigenvalue weighted by Gasteiger charge is 2.33. The summed E-state index contributed by atoms with van der Waals surface area (Å²) >= 11 is 2.04. The van der Waals surface area contributed by atoms with Crippen molar-refractivity contribution >= 4 is 50.7 Å². The van der Waals surface area contributed by atoms with Crippen molar-refractivity contribution in [3.05, 3.63) is 38.1 Å². The number of aromatic amines is 1. The van der Waals surface area contributed by atoms with E-state index in [4.69, 9.17) is 4.74 Å². The molecule has 1 unspecified atom stereocenters. The first-order valence-electron chi connectivity index (χ1n) is 9.98. The molecule has 9 nitrogen and oxygen atoms in total. The fourth-order valence-electron chi connectivity index (χ4n) is 4.33. The lowest BCUT2D eigenvalue weighted by atomic mass is 10.0. The van der Waals surface area contributed by atoms with Crippen LogP contribution in [-0.2, 0) is 0 Å². The number of hydrogen-bond acceptors (Lipinski definition) is 8. The third kappa shape index (κ3) is 3.37. The number of halogens is 1. The molecule has 156 valence electrons. The Morgan fingerprint density at radius 1 is 1.33 bits per heavy atom. The van der Waals surface area contributed by atoms with Crippen LogP contribution in [0.25, 0.3) is 10.9 Å². The van der Waals surface area contributed by atoms with Gasteiger partial charge >= 0.3 is 0 Å². The molecule has 2 aliphatic heterocycles. The lowest BCUT2D eigenvalue weighted by Crippen LogP contribution is -2.57. The second-order valence-corrected chi connectivity index (χ2v) is 8.58. The van der Waals surface area contributed by atoms with Crippen molar-refractivity contribution in [2.75, 3.05) is 43.0 Å². The van der Waals surface area contributed by atoms with E-state index in [9.17, 15) is 4.79 Å². The number of benzene rings is 1. The Hall–Kier alpha value is -2.47. The average molecular weight is 519 g/mol. The summed E-state index contributed by atoms with van der Waals surface area (Å²) in [6.07, 6.45) is 1.53. The van der Waals surface area contributed by atoms with E-state index in [1.165, 1.54) is 6.20 Å². The van der Waals surface area contributed by atoms with E-state index < -0.39 is 0 Å². The number of hydrogen-bond donors (Lipinski definition) is 2. The molecular formula is C20H22IN7O2. The first-order chi connectivity index (χ1) is 14.5. The molecule has 1 saturated heterocycles. The zero-order chi connectivity index (χ0) is 20.8. The van der Waals surface area contributed by atoms with Crippen LogP contribution in [0.4, 0.5) is 17.2 Å². The maximum absolute atomic E-state index is 12.3. The van der Waals surface area contributed by atoms with E-state index in [1.807, 2.05) is 28.7 Å². The van der Waals surface area contributed by atoms with Crippen LogP contribution < -0.4 is 20.5 Å². The monoisotopic (exact) mass is 519 g/mol. The molecular weight excluding hydrogens is 497 g/mol. The highest BCUT2D eigenvalue weighted by Crippen LogP contribution is 2.41. The van der Waals surface area contributed by atoms with Crippen LogP contribution in [0.5, 0.6) is 5.75 Å². The summed E-state index contributed by atoms with van der Waals surface area (Å²) in [7, 11) is 0. The largest absolute Gasteiger partial charge is 0.489 e. The molecule has 2 N–H and O–H groups in total. The zero-order valence-electron chi connectivity index (χ0n) is 16.8. The molecule has 2 aromatic heterocycles.